The summed E-state index contributed by atoms with van der Waals surface area (Å²) in [5.41, 5.74) is 0.372. The zero-order chi connectivity index (χ0) is 10.1. The van der Waals surface area contributed by atoms with E-state index in [-0.39, 0.29) is 11.0 Å². The normalized spacial score (nSPS) is 10.5. The van der Waals surface area contributed by atoms with Gasteiger partial charge in [0.2, 0.25) is 0 Å². The van der Waals surface area contributed by atoms with Gasteiger partial charge in [-0.05, 0) is 34.7 Å². The Bertz CT molecular complexity index is 472. The molecule has 5 heteroatoms. The van der Waals surface area contributed by atoms with E-state index in [9.17, 15) is 4.39 Å². The second-order valence-electron chi connectivity index (χ2n) is 2.60. The number of benzene rings is 1. The van der Waals surface area contributed by atoms with Crippen molar-refractivity contribution in [3.8, 4) is 11.3 Å². The molecular formula is C9H4ClFINO. The Morgan fingerprint density at radius 2 is 2.07 bits per heavy atom. The minimum Gasteiger partial charge on any atom is -0.353 e. The van der Waals surface area contributed by atoms with E-state index in [1.807, 2.05) is 22.6 Å². The minimum absolute atomic E-state index is 0.254. The van der Waals surface area contributed by atoms with E-state index >= 15 is 0 Å². The molecule has 0 radical (unpaired) electrons. The van der Waals surface area contributed by atoms with Gasteiger partial charge in [-0.15, -0.1) is 0 Å². The van der Waals surface area contributed by atoms with Gasteiger partial charge in [0.1, 0.15) is 5.82 Å². The zero-order valence-corrected chi connectivity index (χ0v) is 9.71. The molecule has 0 aliphatic heterocycles. The Balaban J connectivity index is 2.60. The maximum atomic E-state index is 13.3. The molecule has 0 amide bonds. The fraction of sp³-hybridized carbons (Fsp3) is 0. The van der Waals surface area contributed by atoms with Gasteiger partial charge < -0.3 is 4.52 Å². The number of rotatable bonds is 1. The van der Waals surface area contributed by atoms with E-state index in [4.69, 9.17) is 16.1 Å². The quantitative estimate of drug-likeness (QED) is 0.747. The fourth-order valence-corrected chi connectivity index (χ4v) is 1.68. The molecule has 2 aromatic rings. The lowest BCUT2D eigenvalue weighted by atomic mass is 10.2. The average Bonchev–Trinajstić information content (AvgIpc) is 2.49. The molecule has 0 N–H and O–H groups in total. The number of hydrogen-bond acceptors (Lipinski definition) is 2. The van der Waals surface area contributed by atoms with Crippen LogP contribution in [-0.2, 0) is 0 Å². The molecule has 1 heterocycles. The number of hydrogen-bond donors (Lipinski definition) is 0. The average molecular weight is 323 g/mol. The van der Waals surface area contributed by atoms with Crippen LogP contribution in [0, 0.1) is 9.39 Å². The summed E-state index contributed by atoms with van der Waals surface area (Å²) in [6.07, 6.45) is 0. The summed E-state index contributed by atoms with van der Waals surface area (Å²) in [7, 11) is 0. The monoisotopic (exact) mass is 323 g/mol. The Hall–Kier alpha value is -0.620. The van der Waals surface area contributed by atoms with Gasteiger partial charge in [0.25, 0.3) is 0 Å². The van der Waals surface area contributed by atoms with Crippen molar-refractivity contribution >= 4 is 34.2 Å². The van der Waals surface area contributed by atoms with Crippen molar-refractivity contribution < 1.29 is 8.91 Å². The largest absolute Gasteiger partial charge is 0.353 e. The first-order chi connectivity index (χ1) is 6.70. The lowest BCUT2D eigenvalue weighted by Gasteiger charge is -1.97. The number of halogens is 3. The number of nitrogens with zero attached hydrogens (tertiary/aromatic N) is 1. The predicted molar refractivity (Wildman–Crippen MR) is 59.6 cm³/mol. The highest BCUT2D eigenvalue weighted by atomic mass is 127. The summed E-state index contributed by atoms with van der Waals surface area (Å²) in [4.78, 5) is 0. The van der Waals surface area contributed by atoms with Crippen molar-refractivity contribution in [3.05, 3.63) is 38.8 Å². The molecule has 0 saturated carbocycles. The van der Waals surface area contributed by atoms with Crippen LogP contribution in [0.5, 0.6) is 0 Å². The van der Waals surface area contributed by atoms with E-state index < -0.39 is 0 Å². The fourth-order valence-electron chi connectivity index (χ4n) is 1.07. The van der Waals surface area contributed by atoms with Crippen LogP contribution < -0.4 is 0 Å². The molecule has 0 aliphatic carbocycles. The van der Waals surface area contributed by atoms with Crippen molar-refractivity contribution in [1.82, 2.24) is 5.16 Å². The van der Waals surface area contributed by atoms with Crippen LogP contribution in [0.4, 0.5) is 4.39 Å². The van der Waals surface area contributed by atoms with Crippen molar-refractivity contribution in [2.24, 2.45) is 0 Å². The highest BCUT2D eigenvalue weighted by Crippen LogP contribution is 2.31. The van der Waals surface area contributed by atoms with Crippen LogP contribution in [0.25, 0.3) is 11.3 Å². The first-order valence-corrected chi connectivity index (χ1v) is 5.21. The first kappa shape index (κ1) is 9.92. The molecule has 14 heavy (non-hydrogen) atoms. The molecule has 0 atom stereocenters. The van der Waals surface area contributed by atoms with Crippen LogP contribution in [0.15, 0.2) is 28.8 Å². The van der Waals surface area contributed by atoms with Gasteiger partial charge >= 0.3 is 0 Å². The van der Waals surface area contributed by atoms with E-state index in [1.165, 1.54) is 6.07 Å². The predicted octanol–water partition coefficient (Wildman–Crippen LogP) is 3.74. The maximum absolute atomic E-state index is 13.3. The van der Waals surface area contributed by atoms with Crippen LogP contribution in [0.1, 0.15) is 0 Å². The van der Waals surface area contributed by atoms with Crippen LogP contribution in [0.2, 0.25) is 5.15 Å². The van der Waals surface area contributed by atoms with Gasteiger partial charge in [0.15, 0.2) is 10.9 Å². The molecule has 0 unspecified atom stereocenters. The van der Waals surface area contributed by atoms with Gasteiger partial charge in [-0.2, -0.15) is 0 Å². The van der Waals surface area contributed by atoms with Crippen LogP contribution in [-0.4, -0.2) is 5.16 Å². The second kappa shape index (κ2) is 3.86. The van der Waals surface area contributed by atoms with Crippen molar-refractivity contribution in [2.45, 2.75) is 0 Å². The smallest absolute Gasteiger partial charge is 0.186 e. The maximum Gasteiger partial charge on any atom is 0.186 e. The molecule has 72 valence electrons. The second-order valence-corrected chi connectivity index (χ2v) is 4.03. The Morgan fingerprint density at radius 1 is 1.36 bits per heavy atom. The van der Waals surface area contributed by atoms with Gasteiger partial charge in [0.05, 0.1) is 9.13 Å². The molecule has 0 aliphatic rings. The Morgan fingerprint density at radius 3 is 2.64 bits per heavy atom. The lowest BCUT2D eigenvalue weighted by molar-refractivity contribution is 0.430. The summed E-state index contributed by atoms with van der Waals surface area (Å²) in [6.45, 7) is 0. The van der Waals surface area contributed by atoms with Gasteiger partial charge in [0, 0.05) is 0 Å². The highest BCUT2D eigenvalue weighted by molar-refractivity contribution is 14.1. The molecule has 0 saturated heterocycles. The van der Waals surface area contributed by atoms with Crippen molar-refractivity contribution in [1.29, 1.82) is 0 Å². The molecule has 1 aromatic heterocycles. The molecule has 0 bridgehead atoms. The third kappa shape index (κ3) is 1.64. The standard InChI is InChI=1S/C9H4ClFINO/c10-9-7(12)8(14-13-9)5-3-1-2-4-6(5)11/h1-4H. The van der Waals surface area contributed by atoms with E-state index in [0.717, 1.165) is 0 Å². The molecule has 0 spiro atoms. The summed E-state index contributed by atoms with van der Waals surface area (Å²) in [5.74, 6) is 0.0203. The third-order valence-corrected chi connectivity index (χ3v) is 3.29. The Kier molecular flexibility index (Phi) is 2.73. The first-order valence-electron chi connectivity index (χ1n) is 3.75. The number of aromatic nitrogens is 1. The van der Waals surface area contributed by atoms with Gasteiger partial charge in [-0.3, -0.25) is 0 Å². The summed E-state index contributed by atoms with van der Waals surface area (Å²) in [6, 6.07) is 6.32. The molecule has 1 aromatic carbocycles. The molecule has 2 rings (SSSR count). The highest BCUT2D eigenvalue weighted by Gasteiger charge is 2.16. The van der Waals surface area contributed by atoms with Crippen LogP contribution >= 0.6 is 34.2 Å². The lowest BCUT2D eigenvalue weighted by Crippen LogP contribution is -1.82. The summed E-state index contributed by atoms with van der Waals surface area (Å²) >= 11 is 7.66. The van der Waals surface area contributed by atoms with E-state index in [2.05, 4.69) is 5.16 Å². The SMILES string of the molecule is Fc1ccccc1-c1onc(Cl)c1I. The molecule has 0 fully saturated rings. The summed E-state index contributed by atoms with van der Waals surface area (Å²) < 4.78 is 18.9. The molecule has 2 nitrogen and oxygen atoms in total. The minimum atomic E-state index is -0.349. The topological polar surface area (TPSA) is 26.0 Å². The molecular weight excluding hydrogens is 319 g/mol. The van der Waals surface area contributed by atoms with E-state index in [0.29, 0.717) is 14.9 Å². The van der Waals surface area contributed by atoms with Crippen molar-refractivity contribution in [3.63, 3.8) is 0 Å². The van der Waals surface area contributed by atoms with E-state index in [1.54, 1.807) is 18.2 Å². The zero-order valence-electron chi connectivity index (χ0n) is 6.80. The van der Waals surface area contributed by atoms with Gasteiger partial charge in [-0.25, -0.2) is 4.39 Å². The van der Waals surface area contributed by atoms with Gasteiger partial charge in [-0.1, -0.05) is 28.9 Å². The van der Waals surface area contributed by atoms with Crippen LogP contribution in [0.3, 0.4) is 0 Å². The Labute approximate surface area is 98.2 Å². The summed E-state index contributed by atoms with van der Waals surface area (Å²) in [5, 5.41) is 3.80. The third-order valence-electron chi connectivity index (χ3n) is 1.72. The van der Waals surface area contributed by atoms with Crippen molar-refractivity contribution in [2.75, 3.05) is 0 Å².